The molecule has 22 heavy (non-hydrogen) atoms. The molecule has 1 saturated carbocycles. The zero-order valence-electron chi connectivity index (χ0n) is 12.6. The molecular formula is C18H20N2O2. The Morgan fingerprint density at radius 1 is 1.27 bits per heavy atom. The molecule has 1 heterocycles. The molecule has 1 fully saturated rings. The Balaban J connectivity index is 1.53. The molecular weight excluding hydrogens is 276 g/mol. The van der Waals surface area contributed by atoms with E-state index in [9.17, 15) is 4.79 Å². The fourth-order valence-electron chi connectivity index (χ4n) is 3.17. The number of ether oxygens (including phenoxy) is 1. The Hall–Kier alpha value is -2.28. The summed E-state index contributed by atoms with van der Waals surface area (Å²) in [7, 11) is 0. The number of fused-ring (bicyclic) bond motifs is 1. The van der Waals surface area contributed by atoms with E-state index < -0.39 is 0 Å². The lowest BCUT2D eigenvalue weighted by Gasteiger charge is -2.30. The van der Waals surface area contributed by atoms with Crippen LogP contribution in [0.3, 0.4) is 0 Å². The molecule has 3 rings (SSSR count). The average Bonchev–Trinajstić information content (AvgIpc) is 2.56. The van der Waals surface area contributed by atoms with Gasteiger partial charge in [-0.15, -0.1) is 0 Å². The van der Waals surface area contributed by atoms with Crippen molar-refractivity contribution in [2.24, 2.45) is 5.92 Å². The maximum Gasteiger partial charge on any atom is 0.414 e. The third-order valence-corrected chi connectivity index (χ3v) is 4.51. The van der Waals surface area contributed by atoms with E-state index in [4.69, 9.17) is 10.00 Å². The van der Waals surface area contributed by atoms with Crippen LogP contribution in [-0.2, 0) is 11.3 Å². The molecule has 1 aliphatic heterocycles. The second-order valence-corrected chi connectivity index (χ2v) is 6.03. The summed E-state index contributed by atoms with van der Waals surface area (Å²) in [5.41, 5.74) is 2.29. The fourth-order valence-corrected chi connectivity index (χ4v) is 3.17. The minimum atomic E-state index is -0.269. The van der Waals surface area contributed by atoms with Crippen LogP contribution in [0.1, 0.15) is 43.2 Å². The Bertz CT molecular complexity index is 610. The molecule has 0 unspecified atom stereocenters. The molecule has 0 bridgehead atoms. The van der Waals surface area contributed by atoms with Gasteiger partial charge in [0.1, 0.15) is 6.10 Å². The quantitative estimate of drug-likeness (QED) is 0.826. The minimum Gasteiger partial charge on any atom is -0.446 e. The molecule has 1 amide bonds. The fraction of sp³-hybridized carbons (Fsp3) is 0.444. The summed E-state index contributed by atoms with van der Waals surface area (Å²) in [5, 5.41) is 8.73. The van der Waals surface area contributed by atoms with Crippen LogP contribution in [0.15, 0.2) is 30.5 Å². The Morgan fingerprint density at radius 2 is 2.05 bits per heavy atom. The lowest BCUT2D eigenvalue weighted by molar-refractivity contribution is 0.0453. The third kappa shape index (κ3) is 3.30. The van der Waals surface area contributed by atoms with Gasteiger partial charge in [-0.2, -0.15) is 5.26 Å². The molecule has 0 N–H and O–H groups in total. The number of nitriles is 1. The standard InChI is InChI=1S/C18H20N2O2/c19-11-9-14-5-7-17(8-6-14)22-18(21)20-12-10-15-3-1-2-4-16(15)13-20/h1-4,10,12,14,17H,5-9,13H2. The lowest BCUT2D eigenvalue weighted by atomic mass is 9.86. The molecule has 4 heteroatoms. The first-order valence-electron chi connectivity index (χ1n) is 7.86. The van der Waals surface area contributed by atoms with Crippen molar-refractivity contribution in [1.82, 2.24) is 4.90 Å². The van der Waals surface area contributed by atoms with Gasteiger partial charge in [-0.25, -0.2) is 4.79 Å². The van der Waals surface area contributed by atoms with Gasteiger partial charge in [-0.05, 0) is 48.8 Å². The lowest BCUT2D eigenvalue weighted by Crippen LogP contribution is -2.33. The number of hydrogen-bond acceptors (Lipinski definition) is 3. The summed E-state index contributed by atoms with van der Waals surface area (Å²) in [6.07, 6.45) is 7.78. The minimum absolute atomic E-state index is 0.00647. The molecule has 0 atom stereocenters. The summed E-state index contributed by atoms with van der Waals surface area (Å²) in [5.74, 6) is 0.474. The van der Waals surface area contributed by atoms with Crippen molar-refractivity contribution in [1.29, 1.82) is 5.26 Å². The van der Waals surface area contributed by atoms with E-state index in [2.05, 4.69) is 6.07 Å². The van der Waals surface area contributed by atoms with Crippen LogP contribution in [0.4, 0.5) is 4.79 Å². The molecule has 2 aliphatic rings. The molecule has 0 aromatic heterocycles. The van der Waals surface area contributed by atoms with E-state index in [1.165, 1.54) is 0 Å². The van der Waals surface area contributed by atoms with Crippen molar-refractivity contribution in [3.8, 4) is 6.07 Å². The molecule has 114 valence electrons. The molecule has 1 aromatic carbocycles. The molecule has 0 saturated heterocycles. The van der Waals surface area contributed by atoms with Crippen LogP contribution in [0.5, 0.6) is 0 Å². The smallest absolute Gasteiger partial charge is 0.414 e. The van der Waals surface area contributed by atoms with Crippen LogP contribution in [-0.4, -0.2) is 17.1 Å². The second kappa shape index (κ2) is 6.65. The van der Waals surface area contributed by atoms with E-state index in [0.29, 0.717) is 18.9 Å². The van der Waals surface area contributed by atoms with Gasteiger partial charge in [-0.3, -0.25) is 4.90 Å². The van der Waals surface area contributed by atoms with Crippen molar-refractivity contribution in [2.75, 3.05) is 0 Å². The van der Waals surface area contributed by atoms with Gasteiger partial charge in [0.05, 0.1) is 12.6 Å². The maximum atomic E-state index is 12.3. The first-order chi connectivity index (χ1) is 10.8. The highest BCUT2D eigenvalue weighted by atomic mass is 16.6. The van der Waals surface area contributed by atoms with Gasteiger partial charge < -0.3 is 4.74 Å². The zero-order valence-corrected chi connectivity index (χ0v) is 12.6. The largest absolute Gasteiger partial charge is 0.446 e. The number of benzene rings is 1. The molecule has 1 aromatic rings. The Labute approximate surface area is 131 Å². The third-order valence-electron chi connectivity index (χ3n) is 4.51. The predicted molar refractivity (Wildman–Crippen MR) is 83.5 cm³/mol. The number of carbonyl (C=O) groups excluding carboxylic acids is 1. The van der Waals surface area contributed by atoms with Crippen LogP contribution < -0.4 is 0 Å². The summed E-state index contributed by atoms with van der Waals surface area (Å²) in [4.78, 5) is 13.9. The SMILES string of the molecule is N#CCC1CCC(OC(=O)N2C=Cc3ccccc3C2)CC1. The van der Waals surface area contributed by atoms with E-state index in [1.54, 1.807) is 11.1 Å². The van der Waals surface area contributed by atoms with E-state index in [-0.39, 0.29) is 12.2 Å². The van der Waals surface area contributed by atoms with Crippen LogP contribution in [0, 0.1) is 17.2 Å². The van der Waals surface area contributed by atoms with Gasteiger partial charge in [0.2, 0.25) is 0 Å². The van der Waals surface area contributed by atoms with Crippen LogP contribution >= 0.6 is 0 Å². The van der Waals surface area contributed by atoms with E-state index in [1.807, 2.05) is 30.3 Å². The summed E-state index contributed by atoms with van der Waals surface area (Å²) < 4.78 is 5.63. The van der Waals surface area contributed by atoms with Crippen molar-refractivity contribution < 1.29 is 9.53 Å². The topological polar surface area (TPSA) is 53.3 Å². The van der Waals surface area contributed by atoms with Gasteiger partial charge in [0.25, 0.3) is 0 Å². The predicted octanol–water partition coefficient (Wildman–Crippen LogP) is 4.08. The van der Waals surface area contributed by atoms with Crippen molar-refractivity contribution in [3.05, 3.63) is 41.6 Å². The Morgan fingerprint density at radius 3 is 2.82 bits per heavy atom. The normalized spacial score (nSPS) is 23.5. The monoisotopic (exact) mass is 296 g/mol. The number of amides is 1. The van der Waals surface area contributed by atoms with E-state index in [0.717, 1.165) is 36.8 Å². The summed E-state index contributed by atoms with van der Waals surface area (Å²) in [6, 6.07) is 10.3. The van der Waals surface area contributed by atoms with Crippen molar-refractivity contribution in [2.45, 2.75) is 44.8 Å². The first kappa shape index (κ1) is 14.6. The molecule has 0 radical (unpaired) electrons. The molecule has 1 aliphatic carbocycles. The van der Waals surface area contributed by atoms with Crippen LogP contribution in [0.25, 0.3) is 6.08 Å². The number of nitrogens with zero attached hydrogens (tertiary/aromatic N) is 2. The van der Waals surface area contributed by atoms with Gasteiger partial charge in [-0.1, -0.05) is 24.3 Å². The number of rotatable bonds is 2. The van der Waals surface area contributed by atoms with Gasteiger partial charge >= 0.3 is 6.09 Å². The second-order valence-electron chi connectivity index (χ2n) is 6.03. The van der Waals surface area contributed by atoms with Crippen molar-refractivity contribution in [3.63, 3.8) is 0 Å². The van der Waals surface area contributed by atoms with Gasteiger partial charge in [0, 0.05) is 12.6 Å². The van der Waals surface area contributed by atoms with E-state index >= 15 is 0 Å². The van der Waals surface area contributed by atoms with Crippen LogP contribution in [0.2, 0.25) is 0 Å². The number of hydrogen-bond donors (Lipinski definition) is 0. The highest BCUT2D eigenvalue weighted by Gasteiger charge is 2.26. The highest BCUT2D eigenvalue weighted by Crippen LogP contribution is 2.29. The zero-order chi connectivity index (χ0) is 15.4. The van der Waals surface area contributed by atoms with Gasteiger partial charge in [0.15, 0.2) is 0 Å². The molecule has 0 spiro atoms. The Kier molecular flexibility index (Phi) is 4.43. The maximum absolute atomic E-state index is 12.3. The first-order valence-corrected chi connectivity index (χ1v) is 7.86. The highest BCUT2D eigenvalue weighted by molar-refractivity contribution is 5.72. The average molecular weight is 296 g/mol. The molecule has 4 nitrogen and oxygen atoms in total. The number of carbonyl (C=O) groups is 1. The van der Waals surface area contributed by atoms with Crippen molar-refractivity contribution >= 4 is 12.2 Å². The summed E-state index contributed by atoms with van der Waals surface area (Å²) in [6.45, 7) is 0.565. The summed E-state index contributed by atoms with van der Waals surface area (Å²) >= 11 is 0.